The molecular weight excluding hydrogens is 312 g/mol. The zero-order chi connectivity index (χ0) is 14.0. The van der Waals surface area contributed by atoms with Crippen LogP contribution in [0.2, 0.25) is 0 Å². The van der Waals surface area contributed by atoms with Crippen LogP contribution in [0.25, 0.3) is 0 Å². The Hall–Kier alpha value is -1.72. The quantitative estimate of drug-likeness (QED) is 0.643. The predicted molar refractivity (Wildman–Crippen MR) is 73.4 cm³/mol. The van der Waals surface area contributed by atoms with Crippen molar-refractivity contribution in [2.75, 3.05) is 17.1 Å². The third-order valence-corrected chi connectivity index (χ3v) is 5.80. The summed E-state index contributed by atoms with van der Waals surface area (Å²) >= 11 is 1.91. The van der Waals surface area contributed by atoms with Crippen LogP contribution in [0.3, 0.4) is 0 Å². The number of nitrogens with one attached hydrogen (secondary N) is 2. The number of anilines is 2. The van der Waals surface area contributed by atoms with Gasteiger partial charge in [-0.2, -0.15) is 0 Å². The average molecular weight is 320 g/mol. The molecule has 0 unspecified atom stereocenters. The first-order valence-corrected chi connectivity index (χ1v) is 8.00. The summed E-state index contributed by atoms with van der Waals surface area (Å²) < 4.78 is 26.2. The number of rotatable bonds is 5. The molecule has 8 nitrogen and oxygen atoms in total. The van der Waals surface area contributed by atoms with E-state index in [1.165, 1.54) is 13.2 Å². The lowest BCUT2D eigenvalue weighted by molar-refractivity contribution is -0.383. The fourth-order valence-electron chi connectivity index (χ4n) is 1.25. The van der Waals surface area contributed by atoms with Gasteiger partial charge < -0.3 is 5.32 Å². The molecule has 0 spiro atoms. The van der Waals surface area contributed by atoms with Gasteiger partial charge in [-0.3, -0.25) is 14.8 Å². The van der Waals surface area contributed by atoms with Crippen LogP contribution in [0.15, 0.2) is 21.9 Å². The van der Waals surface area contributed by atoms with Crippen LogP contribution in [0.1, 0.15) is 0 Å². The Morgan fingerprint density at radius 3 is 2.68 bits per heavy atom. The first-order valence-electron chi connectivity index (χ1n) is 4.82. The number of hydrogen-bond acceptors (Lipinski definition) is 8. The molecule has 0 amide bonds. The van der Waals surface area contributed by atoms with E-state index in [4.69, 9.17) is 0 Å². The molecule has 2 N–H and O–H groups in total. The van der Waals surface area contributed by atoms with Crippen molar-refractivity contribution in [3.8, 4) is 0 Å². The number of thiazole rings is 1. The molecule has 0 aliphatic rings. The van der Waals surface area contributed by atoms with Crippen LogP contribution >= 0.6 is 22.7 Å². The standard InChI is InChI=1S/C8H8N4O4S3/c1-9-7-5(12(13)14)4-6(18-7)19(15,16)11-8-10-2-3-17-8/h2-4,9H,1H3,(H,10,11). The van der Waals surface area contributed by atoms with E-state index in [-0.39, 0.29) is 20.0 Å². The molecule has 0 saturated carbocycles. The fourth-order valence-corrected chi connectivity index (χ4v) is 4.32. The van der Waals surface area contributed by atoms with Crippen molar-refractivity contribution in [2.24, 2.45) is 0 Å². The molecule has 0 aliphatic heterocycles. The smallest absolute Gasteiger partial charge is 0.304 e. The summed E-state index contributed by atoms with van der Waals surface area (Å²) in [7, 11) is -2.37. The molecule has 19 heavy (non-hydrogen) atoms. The minimum Gasteiger partial charge on any atom is -0.374 e. The molecule has 2 rings (SSSR count). The summed E-state index contributed by atoms with van der Waals surface area (Å²) in [4.78, 5) is 13.9. The normalized spacial score (nSPS) is 11.2. The van der Waals surface area contributed by atoms with Crippen LogP contribution in [0, 0.1) is 10.1 Å². The van der Waals surface area contributed by atoms with Gasteiger partial charge in [0.1, 0.15) is 4.21 Å². The highest BCUT2D eigenvalue weighted by atomic mass is 32.2. The highest BCUT2D eigenvalue weighted by molar-refractivity contribution is 7.95. The van der Waals surface area contributed by atoms with Crippen molar-refractivity contribution >= 4 is 48.5 Å². The lowest BCUT2D eigenvalue weighted by atomic mass is 10.5. The first-order chi connectivity index (χ1) is 8.94. The van der Waals surface area contributed by atoms with Gasteiger partial charge in [-0.1, -0.05) is 11.3 Å². The second-order valence-corrected chi connectivity index (χ2v) is 7.09. The van der Waals surface area contributed by atoms with Gasteiger partial charge in [0.25, 0.3) is 10.0 Å². The van der Waals surface area contributed by atoms with Crippen LogP contribution in [-0.4, -0.2) is 25.4 Å². The van der Waals surface area contributed by atoms with E-state index in [9.17, 15) is 18.5 Å². The number of aromatic nitrogens is 1. The Bertz CT molecular complexity index is 692. The zero-order valence-electron chi connectivity index (χ0n) is 9.48. The maximum absolute atomic E-state index is 12.0. The van der Waals surface area contributed by atoms with Gasteiger partial charge in [0.2, 0.25) is 0 Å². The number of nitrogens with zero attached hydrogens (tertiary/aromatic N) is 2. The van der Waals surface area contributed by atoms with Crippen LogP contribution < -0.4 is 10.0 Å². The van der Waals surface area contributed by atoms with Gasteiger partial charge in [0.15, 0.2) is 10.1 Å². The van der Waals surface area contributed by atoms with Crippen LogP contribution in [0.5, 0.6) is 0 Å². The Morgan fingerprint density at radius 2 is 2.21 bits per heavy atom. The van der Waals surface area contributed by atoms with E-state index in [0.29, 0.717) is 0 Å². The minimum atomic E-state index is -3.86. The first kappa shape index (κ1) is 13.7. The monoisotopic (exact) mass is 320 g/mol. The van der Waals surface area contributed by atoms with Gasteiger partial charge in [-0.05, 0) is 0 Å². The van der Waals surface area contributed by atoms with Gasteiger partial charge in [-0.15, -0.1) is 11.3 Å². The molecule has 102 valence electrons. The molecule has 2 heterocycles. The number of sulfonamides is 1. The number of thiophene rings is 1. The molecule has 0 aliphatic carbocycles. The maximum Gasteiger partial charge on any atom is 0.304 e. The number of nitro groups is 1. The van der Waals surface area contributed by atoms with Crippen molar-refractivity contribution < 1.29 is 13.3 Å². The minimum absolute atomic E-state index is 0.140. The summed E-state index contributed by atoms with van der Waals surface area (Å²) in [6, 6.07) is 1.02. The van der Waals surface area contributed by atoms with Crippen LogP contribution in [0.4, 0.5) is 15.8 Å². The summed E-state index contributed by atoms with van der Waals surface area (Å²) in [6.07, 6.45) is 1.46. The van der Waals surface area contributed by atoms with E-state index in [2.05, 4.69) is 15.0 Å². The lowest BCUT2D eigenvalue weighted by Gasteiger charge is -2.00. The van der Waals surface area contributed by atoms with E-state index < -0.39 is 14.9 Å². The second-order valence-electron chi connectivity index (χ2n) is 3.23. The maximum atomic E-state index is 12.0. The SMILES string of the molecule is CNc1sc(S(=O)(=O)Nc2nccs2)cc1[N+](=O)[O-]. The molecule has 2 aromatic rings. The van der Waals surface area contributed by atoms with E-state index in [0.717, 1.165) is 28.7 Å². The third-order valence-electron chi connectivity index (χ3n) is 2.03. The van der Waals surface area contributed by atoms with Crippen molar-refractivity contribution in [1.29, 1.82) is 0 Å². The molecule has 0 radical (unpaired) electrons. The molecule has 0 saturated heterocycles. The van der Waals surface area contributed by atoms with E-state index in [1.54, 1.807) is 5.38 Å². The van der Waals surface area contributed by atoms with Crippen molar-refractivity contribution in [3.63, 3.8) is 0 Å². The molecule has 0 aromatic carbocycles. The Kier molecular flexibility index (Phi) is 3.68. The summed E-state index contributed by atoms with van der Waals surface area (Å²) in [5.41, 5.74) is -0.271. The van der Waals surface area contributed by atoms with E-state index >= 15 is 0 Å². The van der Waals surface area contributed by atoms with Gasteiger partial charge in [0, 0.05) is 24.7 Å². The summed E-state index contributed by atoms with van der Waals surface area (Å²) in [5, 5.41) is 15.4. The third kappa shape index (κ3) is 2.83. The largest absolute Gasteiger partial charge is 0.374 e. The lowest BCUT2D eigenvalue weighted by Crippen LogP contribution is -2.11. The molecular formula is C8H8N4O4S3. The molecule has 0 bridgehead atoms. The number of hydrogen-bond donors (Lipinski definition) is 2. The molecule has 2 aromatic heterocycles. The van der Waals surface area contributed by atoms with Crippen LogP contribution in [-0.2, 0) is 10.0 Å². The zero-order valence-corrected chi connectivity index (χ0v) is 11.9. The predicted octanol–water partition coefficient (Wildman–Crippen LogP) is 1.96. The molecule has 0 atom stereocenters. The Labute approximate surface area is 116 Å². The van der Waals surface area contributed by atoms with Crippen molar-refractivity contribution in [1.82, 2.24) is 4.98 Å². The Morgan fingerprint density at radius 1 is 1.47 bits per heavy atom. The van der Waals surface area contributed by atoms with Gasteiger partial charge in [0.05, 0.1) is 4.92 Å². The second kappa shape index (κ2) is 5.11. The molecule has 0 fully saturated rings. The average Bonchev–Trinajstić information content (AvgIpc) is 2.95. The van der Waals surface area contributed by atoms with Gasteiger partial charge in [-0.25, -0.2) is 13.4 Å². The van der Waals surface area contributed by atoms with E-state index in [1.807, 2.05) is 0 Å². The van der Waals surface area contributed by atoms with Crippen molar-refractivity contribution in [2.45, 2.75) is 4.21 Å². The van der Waals surface area contributed by atoms with Gasteiger partial charge >= 0.3 is 5.69 Å². The fraction of sp³-hybridized carbons (Fsp3) is 0.125. The highest BCUT2D eigenvalue weighted by Crippen LogP contribution is 2.37. The molecule has 11 heteroatoms. The summed E-state index contributed by atoms with van der Waals surface area (Å²) in [5.74, 6) is 0. The Balaban J connectivity index is 2.38. The summed E-state index contributed by atoms with van der Waals surface area (Å²) in [6.45, 7) is 0. The highest BCUT2D eigenvalue weighted by Gasteiger charge is 2.26. The topological polar surface area (TPSA) is 114 Å². The van der Waals surface area contributed by atoms with Crippen molar-refractivity contribution in [3.05, 3.63) is 27.8 Å².